The van der Waals surface area contributed by atoms with Crippen molar-refractivity contribution in [2.24, 2.45) is 0 Å². The third-order valence-corrected chi connectivity index (χ3v) is 2.30. The third-order valence-electron chi connectivity index (χ3n) is 2.30. The summed E-state index contributed by atoms with van der Waals surface area (Å²) in [6.45, 7) is 1.87. The van der Waals surface area contributed by atoms with Crippen molar-refractivity contribution >= 4 is 0 Å². The molecule has 0 aliphatic heterocycles. The number of hydrogen-bond donors (Lipinski definition) is 3. The Bertz CT molecular complexity index is 443. The molecule has 0 aliphatic rings. The van der Waals surface area contributed by atoms with E-state index in [4.69, 9.17) is 0 Å². The lowest BCUT2D eigenvalue weighted by atomic mass is 10.0. The van der Waals surface area contributed by atoms with Crippen LogP contribution in [0.2, 0.25) is 0 Å². The molecule has 0 atom stereocenters. The molecule has 0 amide bonds. The molecule has 0 radical (unpaired) electrons. The Morgan fingerprint density at radius 3 is 1.56 bits per heavy atom. The molecule has 0 bridgehead atoms. The Morgan fingerprint density at radius 1 is 0.625 bits per heavy atom. The first-order valence-electron chi connectivity index (χ1n) is 4.88. The van der Waals surface area contributed by atoms with E-state index in [0.717, 1.165) is 11.1 Å². The van der Waals surface area contributed by atoms with Crippen LogP contribution in [0.25, 0.3) is 11.1 Å². The maximum absolute atomic E-state index is 9.47. The van der Waals surface area contributed by atoms with Crippen molar-refractivity contribution in [3.8, 4) is 28.4 Å². The summed E-state index contributed by atoms with van der Waals surface area (Å²) in [7, 11) is 0. The summed E-state index contributed by atoms with van der Waals surface area (Å²) in [4.78, 5) is 0. The molecule has 0 fully saturated rings. The second kappa shape index (κ2) is 3.77. The molecule has 0 saturated carbocycles. The molecular formula is C13H12O3. The van der Waals surface area contributed by atoms with Gasteiger partial charge in [0.1, 0.15) is 17.2 Å². The molecular weight excluding hydrogens is 204 g/mol. The van der Waals surface area contributed by atoms with Crippen LogP contribution in [0, 0.1) is 6.92 Å². The van der Waals surface area contributed by atoms with Gasteiger partial charge < -0.3 is 15.3 Å². The van der Waals surface area contributed by atoms with Crippen LogP contribution in [0.5, 0.6) is 17.2 Å². The van der Waals surface area contributed by atoms with E-state index in [1.54, 1.807) is 12.1 Å². The van der Waals surface area contributed by atoms with Gasteiger partial charge >= 0.3 is 0 Å². The maximum atomic E-state index is 9.47. The number of phenols is 3. The van der Waals surface area contributed by atoms with Gasteiger partial charge in [0.05, 0.1) is 0 Å². The highest BCUT2D eigenvalue weighted by Crippen LogP contribution is 2.30. The van der Waals surface area contributed by atoms with E-state index in [2.05, 4.69) is 0 Å². The minimum atomic E-state index is -0.00371. The van der Waals surface area contributed by atoms with Crippen molar-refractivity contribution in [2.75, 3.05) is 0 Å². The highest BCUT2D eigenvalue weighted by atomic mass is 16.3. The average Bonchev–Trinajstić information content (AvgIpc) is 2.14. The monoisotopic (exact) mass is 216 g/mol. The van der Waals surface area contributed by atoms with E-state index in [1.807, 2.05) is 13.0 Å². The molecule has 3 heteroatoms. The Balaban J connectivity index is 2.57. The largest absolute Gasteiger partial charge is 0.508 e. The molecule has 0 heterocycles. The van der Waals surface area contributed by atoms with Gasteiger partial charge in [0.15, 0.2) is 0 Å². The lowest BCUT2D eigenvalue weighted by molar-refractivity contribution is 0.451. The molecule has 3 nitrogen and oxygen atoms in total. The first kappa shape index (κ1) is 10.4. The topological polar surface area (TPSA) is 60.7 Å². The number of aromatic hydroxyl groups is 3. The number of rotatable bonds is 1. The van der Waals surface area contributed by atoms with E-state index in [0.29, 0.717) is 5.56 Å². The van der Waals surface area contributed by atoms with Gasteiger partial charge in [-0.3, -0.25) is 0 Å². The van der Waals surface area contributed by atoms with Crippen LogP contribution in [0.4, 0.5) is 0 Å². The van der Waals surface area contributed by atoms with E-state index in [9.17, 15) is 15.3 Å². The fourth-order valence-corrected chi connectivity index (χ4v) is 1.69. The molecule has 0 unspecified atom stereocenters. The van der Waals surface area contributed by atoms with Crippen LogP contribution in [0.3, 0.4) is 0 Å². The van der Waals surface area contributed by atoms with Crippen molar-refractivity contribution in [3.63, 3.8) is 0 Å². The van der Waals surface area contributed by atoms with Gasteiger partial charge in [-0.2, -0.15) is 0 Å². The van der Waals surface area contributed by atoms with Gasteiger partial charge in [0.2, 0.25) is 0 Å². The standard InChI is InChI=1S/C13H12O3/c1-8-2-9(4-11(14)3-8)10-5-12(15)7-13(16)6-10/h2-7,14-16H,1H3. The zero-order valence-electron chi connectivity index (χ0n) is 8.81. The van der Waals surface area contributed by atoms with Crippen LogP contribution in [-0.2, 0) is 0 Å². The summed E-state index contributed by atoms with van der Waals surface area (Å²) < 4.78 is 0. The number of phenolic OH excluding ortho intramolecular Hbond substituents is 3. The van der Waals surface area contributed by atoms with Crippen LogP contribution in [0.1, 0.15) is 5.56 Å². The Kier molecular flexibility index (Phi) is 2.44. The van der Waals surface area contributed by atoms with Crippen LogP contribution >= 0.6 is 0 Å². The van der Waals surface area contributed by atoms with Crippen molar-refractivity contribution in [3.05, 3.63) is 42.0 Å². The smallest absolute Gasteiger partial charge is 0.119 e. The summed E-state index contributed by atoms with van der Waals surface area (Å²) in [5, 5.41) is 28.2. The van der Waals surface area contributed by atoms with E-state index in [1.165, 1.54) is 18.2 Å². The summed E-state index contributed by atoms with van der Waals surface area (Å²) in [5.74, 6) is 0.157. The molecule has 0 aliphatic carbocycles. The molecule has 2 aromatic rings. The maximum Gasteiger partial charge on any atom is 0.119 e. The first-order chi connectivity index (χ1) is 7.54. The molecule has 0 spiro atoms. The van der Waals surface area contributed by atoms with Gasteiger partial charge in [-0.1, -0.05) is 6.07 Å². The molecule has 16 heavy (non-hydrogen) atoms. The summed E-state index contributed by atoms with van der Waals surface area (Å²) in [6.07, 6.45) is 0. The lowest BCUT2D eigenvalue weighted by Gasteiger charge is -2.06. The van der Waals surface area contributed by atoms with Crippen LogP contribution in [0.15, 0.2) is 36.4 Å². The van der Waals surface area contributed by atoms with Gasteiger partial charge in [-0.05, 0) is 47.9 Å². The molecule has 2 aromatic carbocycles. The fourth-order valence-electron chi connectivity index (χ4n) is 1.69. The van der Waals surface area contributed by atoms with Gasteiger partial charge in [-0.25, -0.2) is 0 Å². The molecule has 0 aromatic heterocycles. The number of hydrogen-bond acceptors (Lipinski definition) is 3. The Labute approximate surface area is 93.2 Å². The second-order valence-corrected chi connectivity index (χ2v) is 3.80. The van der Waals surface area contributed by atoms with E-state index >= 15 is 0 Å². The van der Waals surface area contributed by atoms with Crippen LogP contribution < -0.4 is 0 Å². The van der Waals surface area contributed by atoms with Crippen molar-refractivity contribution in [2.45, 2.75) is 6.92 Å². The third kappa shape index (κ3) is 2.08. The van der Waals surface area contributed by atoms with Crippen LogP contribution in [-0.4, -0.2) is 15.3 Å². The molecule has 0 saturated heterocycles. The van der Waals surface area contributed by atoms with Gasteiger partial charge in [-0.15, -0.1) is 0 Å². The normalized spacial score (nSPS) is 10.3. The Hall–Kier alpha value is -2.16. The lowest BCUT2D eigenvalue weighted by Crippen LogP contribution is -1.80. The summed E-state index contributed by atoms with van der Waals surface area (Å²) in [5.41, 5.74) is 2.33. The van der Waals surface area contributed by atoms with Crippen molar-refractivity contribution < 1.29 is 15.3 Å². The summed E-state index contributed by atoms with van der Waals surface area (Å²) in [6, 6.07) is 9.43. The predicted octanol–water partition coefficient (Wildman–Crippen LogP) is 2.78. The van der Waals surface area contributed by atoms with Crippen molar-refractivity contribution in [1.29, 1.82) is 0 Å². The fraction of sp³-hybridized carbons (Fsp3) is 0.0769. The molecule has 3 N–H and O–H groups in total. The number of aryl methyl sites for hydroxylation is 1. The summed E-state index contributed by atoms with van der Waals surface area (Å²) >= 11 is 0. The highest BCUT2D eigenvalue weighted by molar-refractivity contribution is 5.69. The van der Waals surface area contributed by atoms with E-state index in [-0.39, 0.29) is 17.2 Å². The first-order valence-corrected chi connectivity index (χ1v) is 4.88. The SMILES string of the molecule is Cc1cc(O)cc(-c2cc(O)cc(O)c2)c1. The molecule has 2 rings (SSSR count). The number of benzene rings is 2. The minimum Gasteiger partial charge on any atom is -0.508 e. The highest BCUT2D eigenvalue weighted by Gasteiger charge is 2.04. The zero-order chi connectivity index (χ0) is 11.7. The minimum absolute atomic E-state index is 0.00371. The van der Waals surface area contributed by atoms with Crippen molar-refractivity contribution in [1.82, 2.24) is 0 Å². The average molecular weight is 216 g/mol. The second-order valence-electron chi connectivity index (χ2n) is 3.80. The van der Waals surface area contributed by atoms with Gasteiger partial charge in [0.25, 0.3) is 0 Å². The Morgan fingerprint density at radius 2 is 1.06 bits per heavy atom. The van der Waals surface area contributed by atoms with E-state index < -0.39 is 0 Å². The zero-order valence-corrected chi connectivity index (χ0v) is 8.81. The van der Waals surface area contributed by atoms with Gasteiger partial charge in [0, 0.05) is 6.07 Å². The predicted molar refractivity (Wildman–Crippen MR) is 61.6 cm³/mol. The molecule has 82 valence electrons. The quantitative estimate of drug-likeness (QED) is 0.686.